The fourth-order valence-corrected chi connectivity index (χ4v) is 5.41. The van der Waals surface area contributed by atoms with Gasteiger partial charge in [0.05, 0.1) is 47.6 Å². The van der Waals surface area contributed by atoms with E-state index >= 15 is 0 Å². The summed E-state index contributed by atoms with van der Waals surface area (Å²) < 4.78 is 50.0. The summed E-state index contributed by atoms with van der Waals surface area (Å²) in [6.07, 6.45) is -0.241. The second-order valence-electron chi connectivity index (χ2n) is 8.40. The Morgan fingerprint density at radius 3 is 2.33 bits per heavy atom. The summed E-state index contributed by atoms with van der Waals surface area (Å²) in [6.45, 7) is 5.65. The number of morpholine rings is 1. The fourth-order valence-electron chi connectivity index (χ4n) is 3.84. The number of carbonyl (C=O) groups excluding carboxylic acids is 2. The third-order valence-electron chi connectivity index (χ3n) is 5.53. The van der Waals surface area contributed by atoms with Gasteiger partial charge in [-0.25, -0.2) is 13.2 Å². The highest BCUT2D eigenvalue weighted by molar-refractivity contribution is 7.92. The van der Waals surface area contributed by atoms with Crippen molar-refractivity contribution >= 4 is 39.2 Å². The zero-order valence-electron chi connectivity index (χ0n) is 20.7. The van der Waals surface area contributed by atoms with Crippen LogP contribution in [0.4, 0.5) is 5.69 Å². The first-order chi connectivity index (χ1) is 16.9. The first-order valence-electron chi connectivity index (χ1n) is 11.1. The minimum atomic E-state index is -4.16. The summed E-state index contributed by atoms with van der Waals surface area (Å²) in [6, 6.07) is 6.93. The normalized spacial score (nSPS) is 17.9. The maximum absolute atomic E-state index is 13.2. The molecular weight excluding hydrogens is 512 g/mol. The average molecular weight is 541 g/mol. The van der Waals surface area contributed by atoms with E-state index in [1.165, 1.54) is 44.6 Å². The molecule has 0 aromatic heterocycles. The first kappa shape index (κ1) is 27.6. The van der Waals surface area contributed by atoms with Crippen LogP contribution in [0.1, 0.15) is 29.8 Å². The van der Waals surface area contributed by atoms with Crippen LogP contribution >= 0.6 is 11.6 Å². The van der Waals surface area contributed by atoms with Gasteiger partial charge in [0.1, 0.15) is 11.5 Å². The van der Waals surface area contributed by atoms with Gasteiger partial charge < -0.3 is 23.8 Å². The van der Waals surface area contributed by atoms with E-state index in [2.05, 4.69) is 4.72 Å². The molecule has 2 aromatic rings. The van der Waals surface area contributed by atoms with Gasteiger partial charge in [-0.15, -0.1) is 0 Å². The number of amides is 1. The minimum Gasteiger partial charge on any atom is -0.495 e. The Hall–Kier alpha value is -3.02. The largest absolute Gasteiger partial charge is 0.495 e. The number of halogens is 1. The van der Waals surface area contributed by atoms with Gasteiger partial charge in [-0.2, -0.15) is 0 Å². The van der Waals surface area contributed by atoms with Crippen LogP contribution in [-0.2, 0) is 24.3 Å². The summed E-state index contributed by atoms with van der Waals surface area (Å²) in [5, 5.41) is 0.179. The predicted molar refractivity (Wildman–Crippen MR) is 133 cm³/mol. The maximum atomic E-state index is 13.2. The molecule has 0 aliphatic carbocycles. The topological polar surface area (TPSA) is 120 Å². The van der Waals surface area contributed by atoms with Crippen LogP contribution < -0.4 is 14.2 Å². The smallest absolute Gasteiger partial charge is 0.338 e. The molecule has 1 heterocycles. The van der Waals surface area contributed by atoms with Gasteiger partial charge in [0, 0.05) is 19.2 Å². The number of ether oxygens (including phenoxy) is 4. The second kappa shape index (κ2) is 11.4. The molecule has 0 spiro atoms. The molecule has 12 heteroatoms. The van der Waals surface area contributed by atoms with Crippen molar-refractivity contribution in [1.29, 1.82) is 0 Å². The third kappa shape index (κ3) is 6.40. The number of carbonyl (C=O) groups is 2. The van der Waals surface area contributed by atoms with E-state index in [1.807, 2.05) is 13.8 Å². The Labute approximate surface area is 215 Å². The Balaban J connectivity index is 1.77. The summed E-state index contributed by atoms with van der Waals surface area (Å²) >= 11 is 6.15. The van der Waals surface area contributed by atoms with Gasteiger partial charge in [0.15, 0.2) is 6.61 Å². The van der Waals surface area contributed by atoms with E-state index in [0.29, 0.717) is 24.4 Å². The van der Waals surface area contributed by atoms with Gasteiger partial charge in [0.25, 0.3) is 15.9 Å². The van der Waals surface area contributed by atoms with Crippen molar-refractivity contribution < 1.29 is 37.0 Å². The highest BCUT2D eigenvalue weighted by Crippen LogP contribution is 2.37. The molecular formula is C24H29ClN2O8S. The van der Waals surface area contributed by atoms with E-state index < -0.39 is 22.6 Å². The molecule has 1 aliphatic heterocycles. The lowest BCUT2D eigenvalue weighted by Crippen LogP contribution is -2.49. The monoisotopic (exact) mass is 540 g/mol. The molecule has 36 heavy (non-hydrogen) atoms. The quantitative estimate of drug-likeness (QED) is 0.506. The van der Waals surface area contributed by atoms with Crippen molar-refractivity contribution in [2.75, 3.05) is 38.6 Å². The molecule has 1 saturated heterocycles. The molecule has 1 amide bonds. The SMILES string of the molecule is COc1cc(OC)c(NS(=O)(=O)c2cc(C(=O)OCC(=O)N3CC(C)OC(C)C3)ccc2C)cc1Cl. The van der Waals surface area contributed by atoms with Crippen LogP contribution in [0.25, 0.3) is 0 Å². The van der Waals surface area contributed by atoms with E-state index in [9.17, 15) is 18.0 Å². The Morgan fingerprint density at radius 1 is 1.08 bits per heavy atom. The summed E-state index contributed by atoms with van der Waals surface area (Å²) in [4.78, 5) is 26.6. The zero-order valence-corrected chi connectivity index (χ0v) is 22.2. The molecule has 1 N–H and O–H groups in total. The van der Waals surface area contributed by atoms with Crippen molar-refractivity contribution in [1.82, 2.24) is 4.90 Å². The molecule has 0 radical (unpaired) electrons. The fraction of sp³-hybridized carbons (Fsp3) is 0.417. The number of esters is 1. The number of benzene rings is 2. The lowest BCUT2D eigenvalue weighted by atomic mass is 10.1. The summed E-state index contributed by atoms with van der Waals surface area (Å²) in [5.41, 5.74) is 0.470. The van der Waals surface area contributed by atoms with Gasteiger partial charge in [0.2, 0.25) is 0 Å². The Morgan fingerprint density at radius 2 is 1.72 bits per heavy atom. The lowest BCUT2D eigenvalue weighted by Gasteiger charge is -2.35. The molecule has 0 saturated carbocycles. The number of rotatable bonds is 8. The number of nitrogens with zero attached hydrogens (tertiary/aromatic N) is 1. The van der Waals surface area contributed by atoms with E-state index in [1.54, 1.807) is 11.8 Å². The van der Waals surface area contributed by atoms with Crippen LogP contribution in [0.15, 0.2) is 35.2 Å². The van der Waals surface area contributed by atoms with Gasteiger partial charge in [-0.1, -0.05) is 17.7 Å². The van der Waals surface area contributed by atoms with Gasteiger partial charge in [-0.3, -0.25) is 9.52 Å². The average Bonchev–Trinajstić information content (AvgIpc) is 2.81. The van der Waals surface area contributed by atoms with E-state index in [4.69, 9.17) is 30.5 Å². The van der Waals surface area contributed by atoms with Gasteiger partial charge in [-0.05, 0) is 44.5 Å². The second-order valence-corrected chi connectivity index (χ2v) is 10.5. The van der Waals surface area contributed by atoms with Crippen molar-refractivity contribution in [3.05, 3.63) is 46.5 Å². The number of aryl methyl sites for hydroxylation is 1. The molecule has 1 aliphatic rings. The Bertz CT molecular complexity index is 1240. The summed E-state index contributed by atoms with van der Waals surface area (Å²) in [7, 11) is -1.35. The minimum absolute atomic E-state index is 0.0165. The number of anilines is 1. The van der Waals surface area contributed by atoms with Crippen LogP contribution in [0.2, 0.25) is 5.02 Å². The molecule has 196 valence electrons. The van der Waals surface area contributed by atoms with E-state index in [-0.39, 0.29) is 45.0 Å². The lowest BCUT2D eigenvalue weighted by molar-refractivity contribution is -0.146. The molecule has 0 bridgehead atoms. The van der Waals surface area contributed by atoms with Gasteiger partial charge >= 0.3 is 5.97 Å². The first-order valence-corrected chi connectivity index (χ1v) is 13.0. The Kier molecular flexibility index (Phi) is 8.70. The highest BCUT2D eigenvalue weighted by atomic mass is 35.5. The number of hydrogen-bond donors (Lipinski definition) is 1. The molecule has 3 rings (SSSR count). The number of hydrogen-bond acceptors (Lipinski definition) is 8. The molecule has 2 unspecified atom stereocenters. The van der Waals surface area contributed by atoms with Crippen LogP contribution in [0, 0.1) is 6.92 Å². The molecule has 2 atom stereocenters. The van der Waals surface area contributed by atoms with Crippen molar-refractivity contribution in [3.8, 4) is 11.5 Å². The van der Waals surface area contributed by atoms with Crippen molar-refractivity contribution in [2.24, 2.45) is 0 Å². The van der Waals surface area contributed by atoms with E-state index in [0.717, 1.165) is 0 Å². The standard InChI is InChI=1S/C24H29ClN2O8S/c1-14-6-7-17(24(29)34-13-23(28)27-11-15(2)35-16(3)12-27)8-22(14)36(30,31)26-19-9-18(25)20(32-4)10-21(19)33-5/h6-10,15-16,26H,11-13H2,1-5H3. The third-order valence-corrected chi connectivity index (χ3v) is 7.33. The highest BCUT2D eigenvalue weighted by Gasteiger charge is 2.27. The summed E-state index contributed by atoms with van der Waals surface area (Å²) in [5.74, 6) is -0.666. The number of methoxy groups -OCH3 is 2. The molecule has 1 fully saturated rings. The molecule has 10 nitrogen and oxygen atoms in total. The zero-order chi connectivity index (χ0) is 26.6. The van der Waals surface area contributed by atoms with Crippen molar-refractivity contribution in [3.63, 3.8) is 0 Å². The van der Waals surface area contributed by atoms with Crippen molar-refractivity contribution in [2.45, 2.75) is 37.9 Å². The van der Waals surface area contributed by atoms with Crippen LogP contribution in [0.3, 0.4) is 0 Å². The number of sulfonamides is 1. The predicted octanol–water partition coefficient (Wildman–Crippen LogP) is 3.26. The maximum Gasteiger partial charge on any atom is 0.338 e. The number of nitrogens with one attached hydrogen (secondary N) is 1. The van der Waals surface area contributed by atoms with Crippen LogP contribution in [-0.4, -0.2) is 71.3 Å². The van der Waals surface area contributed by atoms with Crippen LogP contribution in [0.5, 0.6) is 11.5 Å². The molecule has 2 aromatic carbocycles.